The summed E-state index contributed by atoms with van der Waals surface area (Å²) in [6, 6.07) is 11.7. The van der Waals surface area contributed by atoms with Crippen molar-refractivity contribution in [3.63, 3.8) is 0 Å². The molecular formula is C21H18BrN3O5S. The molecule has 1 aliphatic heterocycles. The monoisotopic (exact) mass is 503 g/mol. The number of anilines is 1. The summed E-state index contributed by atoms with van der Waals surface area (Å²) in [5.74, 6) is -0.759. The summed E-state index contributed by atoms with van der Waals surface area (Å²) in [6.07, 6.45) is 1.40. The third kappa shape index (κ3) is 5.39. The van der Waals surface area contributed by atoms with Gasteiger partial charge < -0.3 is 5.32 Å². The first-order valence-corrected chi connectivity index (χ1v) is 10.9. The smallest absolute Gasteiger partial charge is 0.294 e. The zero-order chi connectivity index (χ0) is 22.7. The van der Waals surface area contributed by atoms with E-state index in [0.717, 1.165) is 10.5 Å². The second-order valence-electron chi connectivity index (χ2n) is 7.06. The molecule has 0 unspecified atom stereocenters. The van der Waals surface area contributed by atoms with E-state index in [2.05, 4.69) is 35.1 Å². The lowest BCUT2D eigenvalue weighted by molar-refractivity contribution is -0.385. The molecule has 3 amide bonds. The molecule has 8 nitrogen and oxygen atoms in total. The summed E-state index contributed by atoms with van der Waals surface area (Å²) < 4.78 is 0.306. The summed E-state index contributed by atoms with van der Waals surface area (Å²) in [7, 11) is 0. The number of imide groups is 1. The van der Waals surface area contributed by atoms with Gasteiger partial charge in [-0.25, -0.2) is 0 Å². The number of hydrogen-bond acceptors (Lipinski definition) is 6. The van der Waals surface area contributed by atoms with Crippen molar-refractivity contribution < 1.29 is 19.3 Å². The Balaban J connectivity index is 1.70. The van der Waals surface area contributed by atoms with E-state index in [-0.39, 0.29) is 10.6 Å². The molecule has 0 bridgehead atoms. The van der Waals surface area contributed by atoms with Crippen molar-refractivity contribution in [1.29, 1.82) is 0 Å². The van der Waals surface area contributed by atoms with Crippen LogP contribution in [0.4, 0.5) is 16.2 Å². The number of nitro groups is 1. The number of amides is 3. The topological polar surface area (TPSA) is 110 Å². The van der Waals surface area contributed by atoms with E-state index >= 15 is 0 Å². The fourth-order valence-electron chi connectivity index (χ4n) is 2.84. The second kappa shape index (κ2) is 9.44. The van der Waals surface area contributed by atoms with Crippen molar-refractivity contribution >= 4 is 62.2 Å². The van der Waals surface area contributed by atoms with Gasteiger partial charge in [-0.15, -0.1) is 0 Å². The molecule has 1 fully saturated rings. The number of halogens is 1. The Kier molecular flexibility index (Phi) is 6.91. The van der Waals surface area contributed by atoms with Crippen molar-refractivity contribution in [2.24, 2.45) is 0 Å². The Bertz CT molecular complexity index is 1100. The average molecular weight is 504 g/mol. The highest BCUT2D eigenvalue weighted by atomic mass is 79.9. The van der Waals surface area contributed by atoms with Crippen LogP contribution in [0.1, 0.15) is 30.9 Å². The summed E-state index contributed by atoms with van der Waals surface area (Å²) in [4.78, 5) is 48.7. The van der Waals surface area contributed by atoms with Gasteiger partial charge in [0.05, 0.1) is 14.3 Å². The van der Waals surface area contributed by atoms with Crippen LogP contribution in [0.5, 0.6) is 0 Å². The molecule has 0 radical (unpaired) electrons. The number of benzene rings is 2. The molecule has 1 N–H and O–H groups in total. The largest absolute Gasteiger partial charge is 0.325 e. The minimum absolute atomic E-state index is 0.0932. The fourth-order valence-corrected chi connectivity index (χ4v) is 4.07. The molecular weight excluding hydrogens is 486 g/mol. The van der Waals surface area contributed by atoms with Crippen molar-refractivity contribution in [2.75, 3.05) is 11.9 Å². The molecule has 3 rings (SSSR count). The second-order valence-corrected chi connectivity index (χ2v) is 8.91. The van der Waals surface area contributed by atoms with Crippen LogP contribution in [-0.2, 0) is 9.59 Å². The van der Waals surface area contributed by atoms with Gasteiger partial charge in [-0.1, -0.05) is 32.0 Å². The minimum Gasteiger partial charge on any atom is -0.325 e. The summed E-state index contributed by atoms with van der Waals surface area (Å²) in [6.45, 7) is 3.70. The lowest BCUT2D eigenvalue weighted by Crippen LogP contribution is -2.36. The lowest BCUT2D eigenvalue weighted by atomic mass is 10.0. The maximum absolute atomic E-state index is 12.6. The van der Waals surface area contributed by atoms with Crippen LogP contribution >= 0.6 is 27.7 Å². The van der Waals surface area contributed by atoms with E-state index in [4.69, 9.17) is 0 Å². The van der Waals surface area contributed by atoms with Gasteiger partial charge in [-0.3, -0.25) is 29.4 Å². The van der Waals surface area contributed by atoms with Gasteiger partial charge >= 0.3 is 0 Å². The standard InChI is InChI=1S/C21H18BrN3O5S/c1-12(2)14-4-6-15(7-5-14)23-19(26)11-24-20(27)18(31-21(24)28)10-13-3-8-16(22)17(9-13)25(29)30/h3-10,12H,11H2,1-2H3,(H,23,26)/b18-10-. The van der Waals surface area contributed by atoms with Gasteiger partial charge in [0.25, 0.3) is 16.8 Å². The van der Waals surface area contributed by atoms with Gasteiger partial charge in [0, 0.05) is 11.8 Å². The lowest BCUT2D eigenvalue weighted by Gasteiger charge is -2.13. The molecule has 0 aliphatic carbocycles. The summed E-state index contributed by atoms with van der Waals surface area (Å²) >= 11 is 3.78. The van der Waals surface area contributed by atoms with E-state index in [0.29, 0.717) is 33.4 Å². The number of nitrogens with zero attached hydrogens (tertiary/aromatic N) is 2. The Hall–Kier alpha value is -2.98. The predicted molar refractivity (Wildman–Crippen MR) is 123 cm³/mol. The third-order valence-corrected chi connectivity index (χ3v) is 6.08. The number of nitrogens with one attached hydrogen (secondary N) is 1. The SMILES string of the molecule is CC(C)c1ccc(NC(=O)CN2C(=O)S/C(=C\c3ccc(Br)c([N+](=O)[O-])c3)C2=O)cc1. The first-order chi connectivity index (χ1) is 14.7. The minimum atomic E-state index is -0.620. The number of hydrogen-bond donors (Lipinski definition) is 1. The molecule has 0 spiro atoms. The van der Waals surface area contributed by atoms with Crippen LogP contribution in [0.15, 0.2) is 51.8 Å². The number of thioether (sulfide) groups is 1. The highest BCUT2D eigenvalue weighted by Gasteiger charge is 2.36. The van der Waals surface area contributed by atoms with Crippen LogP contribution in [-0.4, -0.2) is 33.4 Å². The Labute approximate surface area is 191 Å². The summed E-state index contributed by atoms with van der Waals surface area (Å²) in [5.41, 5.74) is 1.94. The predicted octanol–water partition coefficient (Wildman–Crippen LogP) is 5.16. The quantitative estimate of drug-likeness (QED) is 0.331. The van der Waals surface area contributed by atoms with Crippen LogP contribution in [0.2, 0.25) is 0 Å². The van der Waals surface area contributed by atoms with Crippen LogP contribution in [0, 0.1) is 10.1 Å². The number of carbonyl (C=O) groups excluding carboxylic acids is 3. The molecule has 2 aromatic carbocycles. The normalized spacial score (nSPS) is 15.1. The van der Waals surface area contributed by atoms with Crippen LogP contribution in [0.25, 0.3) is 6.08 Å². The maximum atomic E-state index is 12.6. The van der Waals surface area contributed by atoms with Gasteiger partial charge in [0.2, 0.25) is 5.91 Å². The molecule has 160 valence electrons. The van der Waals surface area contributed by atoms with Crippen LogP contribution < -0.4 is 5.32 Å². The average Bonchev–Trinajstić information content (AvgIpc) is 2.97. The van der Waals surface area contributed by atoms with E-state index in [1.807, 2.05) is 12.1 Å². The van der Waals surface area contributed by atoms with E-state index < -0.39 is 28.5 Å². The first-order valence-electron chi connectivity index (χ1n) is 9.25. The van der Waals surface area contributed by atoms with Gasteiger partial charge in [-0.05, 0) is 69.0 Å². The molecule has 10 heteroatoms. The Morgan fingerprint density at radius 1 is 1.23 bits per heavy atom. The zero-order valence-electron chi connectivity index (χ0n) is 16.6. The first kappa shape index (κ1) is 22.7. The van der Waals surface area contributed by atoms with Gasteiger partial charge in [0.1, 0.15) is 6.54 Å². The van der Waals surface area contributed by atoms with E-state index in [9.17, 15) is 24.5 Å². The van der Waals surface area contributed by atoms with Crippen LogP contribution in [0.3, 0.4) is 0 Å². The molecule has 1 saturated heterocycles. The van der Waals surface area contributed by atoms with E-state index in [1.54, 1.807) is 18.2 Å². The Morgan fingerprint density at radius 2 is 1.90 bits per heavy atom. The number of rotatable bonds is 6. The highest BCUT2D eigenvalue weighted by Crippen LogP contribution is 2.33. The maximum Gasteiger partial charge on any atom is 0.294 e. The fraction of sp³-hybridized carbons (Fsp3) is 0.190. The van der Waals surface area contributed by atoms with E-state index in [1.165, 1.54) is 18.2 Å². The molecule has 0 saturated carbocycles. The molecule has 31 heavy (non-hydrogen) atoms. The van der Waals surface area contributed by atoms with Crippen molar-refractivity contribution in [1.82, 2.24) is 4.90 Å². The zero-order valence-corrected chi connectivity index (χ0v) is 19.0. The Morgan fingerprint density at radius 3 is 2.52 bits per heavy atom. The summed E-state index contributed by atoms with van der Waals surface area (Å²) in [5, 5.41) is 13.2. The van der Waals surface area contributed by atoms with Crippen molar-refractivity contribution in [3.05, 3.63) is 73.1 Å². The molecule has 0 atom stereocenters. The molecule has 0 aromatic heterocycles. The molecule has 1 heterocycles. The van der Waals surface area contributed by atoms with Crippen molar-refractivity contribution in [3.8, 4) is 0 Å². The van der Waals surface area contributed by atoms with Gasteiger partial charge in [-0.2, -0.15) is 0 Å². The van der Waals surface area contributed by atoms with Gasteiger partial charge in [0.15, 0.2) is 0 Å². The molecule has 1 aliphatic rings. The third-order valence-electron chi connectivity index (χ3n) is 4.50. The number of nitro benzene ring substituents is 1. The van der Waals surface area contributed by atoms with Crippen molar-refractivity contribution in [2.45, 2.75) is 19.8 Å². The number of carbonyl (C=O) groups is 3. The highest BCUT2D eigenvalue weighted by molar-refractivity contribution is 9.10. The molecule has 2 aromatic rings.